The molecule has 15 nitrogen and oxygen atoms in total. The number of benzene rings is 17. The molecule has 0 radical (unpaired) electrons. The summed E-state index contributed by atoms with van der Waals surface area (Å²) >= 11 is 10.8. The third-order valence-electron chi connectivity index (χ3n) is 27.5. The van der Waals surface area contributed by atoms with E-state index in [1.807, 2.05) is 89.0 Å². The zero-order valence-corrected chi connectivity index (χ0v) is 79.1. The Labute approximate surface area is 823 Å². The molecule has 0 spiro atoms. The van der Waals surface area contributed by atoms with Crippen molar-refractivity contribution in [2.75, 3.05) is 0 Å². The maximum absolute atomic E-state index is 5.43. The number of rotatable bonds is 8. The van der Waals surface area contributed by atoms with Crippen molar-refractivity contribution in [2.24, 2.45) is 0 Å². The topological polar surface area (TPSA) is 169 Å². The molecule has 0 N–H and O–H groups in total. The minimum atomic E-state index is 0.650. The lowest BCUT2D eigenvalue weighted by molar-refractivity contribution is 1.02. The van der Waals surface area contributed by atoms with Gasteiger partial charge < -0.3 is 4.57 Å². The van der Waals surface area contributed by atoms with Crippen LogP contribution in [0.5, 0.6) is 0 Å². The van der Waals surface area contributed by atoms with E-state index >= 15 is 0 Å². The molecular weight excluding hydrogens is 1840 g/mol. The number of nitrogens with zero attached hydrogens (tertiary/aromatic N) is 15. The van der Waals surface area contributed by atoms with E-state index < -0.39 is 0 Å². The van der Waals surface area contributed by atoms with Gasteiger partial charge in [-0.3, -0.25) is 9.13 Å². The van der Waals surface area contributed by atoms with Gasteiger partial charge in [-0.2, -0.15) is 0 Å². The molecule has 0 amide bonds. The summed E-state index contributed by atoms with van der Waals surface area (Å²) in [6.45, 7) is 0. The van der Waals surface area contributed by atoms with Crippen molar-refractivity contribution >= 4 is 288 Å². The first-order chi connectivity index (χ1) is 70.0. The van der Waals surface area contributed by atoms with Crippen LogP contribution in [0.1, 0.15) is 0 Å². The van der Waals surface area contributed by atoms with Gasteiger partial charge in [0, 0.05) is 188 Å². The summed E-state index contributed by atoms with van der Waals surface area (Å²) in [6.07, 6.45) is 10.9. The van der Waals surface area contributed by atoms with Gasteiger partial charge in [-0.25, -0.2) is 59.8 Å². The fourth-order valence-corrected chi connectivity index (χ4v) is 28.8. The molecule has 17 aromatic carbocycles. The molecule has 0 atom stereocenters. The summed E-state index contributed by atoms with van der Waals surface area (Å²) < 4.78 is 18.2. The molecule has 0 aliphatic carbocycles. The lowest BCUT2D eigenvalue weighted by atomic mass is 10.0. The van der Waals surface area contributed by atoms with E-state index in [9.17, 15) is 0 Å². The van der Waals surface area contributed by atoms with Crippen LogP contribution in [-0.2, 0) is 0 Å². The molecule has 141 heavy (non-hydrogen) atoms. The highest BCUT2D eigenvalue weighted by molar-refractivity contribution is 7.31. The predicted molar refractivity (Wildman–Crippen MR) is 593 cm³/mol. The molecule has 32 rings (SSSR count). The first-order valence-electron chi connectivity index (χ1n) is 46.3. The lowest BCUT2D eigenvalue weighted by Gasteiger charge is -2.12. The van der Waals surface area contributed by atoms with Crippen LogP contribution in [0.4, 0.5) is 0 Å². The average molecular weight is 1910 g/mol. The Kier molecular flexibility index (Phi) is 17.9. The van der Waals surface area contributed by atoms with Crippen LogP contribution in [0.15, 0.2) is 395 Å². The van der Waals surface area contributed by atoms with Crippen molar-refractivity contribution < 1.29 is 0 Å². The molecule has 0 saturated carbocycles. The van der Waals surface area contributed by atoms with Crippen molar-refractivity contribution in [3.8, 4) is 73.9 Å². The minimum absolute atomic E-state index is 0.650. The largest absolute Gasteiger partial charge is 0.308 e. The summed E-state index contributed by atoms with van der Waals surface area (Å²) in [4.78, 5) is 62.0. The van der Waals surface area contributed by atoms with Crippen molar-refractivity contribution in [2.45, 2.75) is 0 Å². The van der Waals surface area contributed by atoms with Crippen LogP contribution >= 0.6 is 68.0 Å². The number of thiophene rings is 6. The first-order valence-corrected chi connectivity index (χ1v) is 51.2. The SMILES string of the molecule is c1ccc(-c2ccc(-c3nc(-n4c5ccccc5c5c6sc7ccccc7c6c6c7cncnc7sc6c54)nc4ccccc34)cc2)cc1.c1ccc(-c2nc(-c3ccc(-n4c5ccccc5c5c6sc7ccccc7c6c6c7cncnc7sc6c54)cc3)nc3ccccc23)cc1.c1ccc(-c2nc(-n3c4ccccc4c4c5sc6ccccc6c5c5c6cncnc6sc5c43)nc3ccccc23)cc1. The second-order valence-electron chi connectivity index (χ2n) is 35.2. The summed E-state index contributed by atoms with van der Waals surface area (Å²) in [5, 5.41) is 25.0. The normalized spacial score (nSPS) is 12.1. The quantitative estimate of drug-likeness (QED) is 0.141. The van der Waals surface area contributed by atoms with Crippen molar-refractivity contribution in [3.05, 3.63) is 395 Å². The summed E-state index contributed by atoms with van der Waals surface area (Å²) in [7, 11) is 0. The van der Waals surface area contributed by atoms with Gasteiger partial charge >= 0.3 is 0 Å². The zero-order valence-electron chi connectivity index (χ0n) is 74.2. The highest BCUT2D eigenvalue weighted by atomic mass is 32.1. The Hall–Kier alpha value is -17.3. The van der Waals surface area contributed by atoms with Crippen LogP contribution in [-0.4, -0.2) is 73.5 Å². The molecule has 0 aliphatic rings. The molecule has 21 heteroatoms. The number of hydrogen-bond donors (Lipinski definition) is 0. The van der Waals surface area contributed by atoms with Gasteiger partial charge in [0.15, 0.2) is 5.82 Å². The number of hydrogen-bond acceptors (Lipinski definition) is 18. The van der Waals surface area contributed by atoms with Gasteiger partial charge in [0.1, 0.15) is 33.5 Å². The third-order valence-corrected chi connectivity index (χ3v) is 34.5. The van der Waals surface area contributed by atoms with E-state index in [4.69, 9.17) is 44.9 Å². The fraction of sp³-hybridized carbons (Fsp3) is 0. The fourth-order valence-electron chi connectivity index (χ4n) is 21.5. The lowest BCUT2D eigenvalue weighted by Crippen LogP contribution is -2.03. The standard InChI is InChI=1S/2C42H23N5S2.C36H19N5S2/c1-2-10-24(11-3-1)37-27-12-4-7-15-31(27)45-41(46-37)25-18-20-26(21-19-25)47-32-16-8-5-13-28(32)36-38(47)40-35(30-22-43-23-44-42(30)49-40)34-29-14-6-9-17-33(29)48-39(34)36;1-2-10-24(11-3-1)25-18-20-26(21-19-25)37-27-12-4-7-15-31(27)45-42(46-37)47-32-16-8-5-13-28(32)36-38(47)40-35(30-22-43-23-44-41(30)49-40)34-29-14-6-9-17-33(29)48-39(34)36;1-2-10-20(11-3-1)31-21-12-4-7-15-25(21)39-36(40-31)41-26-16-8-5-13-22(26)30-32(41)34-29(24-18-37-19-38-35(24)43-34)28-23-14-6-9-17-27(23)42-33(28)30/h2*1-23H;1-19H. The molecule has 32 aromatic rings. The Bertz CT molecular complexity index is 10900. The van der Waals surface area contributed by atoms with Gasteiger partial charge in [-0.15, -0.1) is 68.0 Å². The second kappa shape index (κ2) is 31.6. The predicted octanol–water partition coefficient (Wildman–Crippen LogP) is 33.1. The number of aromatic nitrogens is 15. The Balaban J connectivity index is 0.0000000994. The smallest absolute Gasteiger partial charge is 0.235 e. The molecule has 15 aromatic heterocycles. The van der Waals surface area contributed by atoms with Gasteiger partial charge in [-0.05, 0) is 90.0 Å². The van der Waals surface area contributed by atoms with Crippen molar-refractivity contribution in [3.63, 3.8) is 0 Å². The molecule has 15 heterocycles. The third kappa shape index (κ3) is 12.2. The molecule has 0 fully saturated rings. The molecule has 656 valence electrons. The van der Waals surface area contributed by atoms with Crippen LogP contribution in [0.2, 0.25) is 0 Å². The van der Waals surface area contributed by atoms with E-state index in [1.54, 1.807) is 53.0 Å². The monoisotopic (exact) mass is 1910 g/mol. The summed E-state index contributed by atoms with van der Waals surface area (Å²) in [5.74, 6) is 2.02. The molecule has 0 saturated heterocycles. The maximum Gasteiger partial charge on any atom is 0.235 e. The van der Waals surface area contributed by atoms with E-state index in [0.717, 1.165) is 130 Å². The molecule has 0 bridgehead atoms. The van der Waals surface area contributed by atoms with Crippen molar-refractivity contribution in [1.82, 2.24) is 73.5 Å². The first kappa shape index (κ1) is 79.9. The minimum Gasteiger partial charge on any atom is -0.308 e. The average Bonchev–Trinajstić information content (AvgIpc) is 1.53. The molecule has 0 aliphatic heterocycles. The summed E-state index contributed by atoms with van der Waals surface area (Å²) in [5.41, 5.74) is 19.9. The van der Waals surface area contributed by atoms with Crippen LogP contribution in [0.25, 0.3) is 293 Å². The number of para-hydroxylation sites is 6. The van der Waals surface area contributed by atoms with E-state index in [1.165, 1.54) is 145 Å². The van der Waals surface area contributed by atoms with Crippen LogP contribution in [0, 0.1) is 0 Å². The van der Waals surface area contributed by atoms with Gasteiger partial charge in [0.25, 0.3) is 0 Å². The Morgan fingerprint density at radius 1 is 0.191 bits per heavy atom. The summed E-state index contributed by atoms with van der Waals surface area (Å²) in [6, 6.07) is 126. The maximum atomic E-state index is 5.43. The van der Waals surface area contributed by atoms with Crippen molar-refractivity contribution in [1.29, 1.82) is 0 Å². The van der Waals surface area contributed by atoms with Gasteiger partial charge in [0.05, 0.1) is 80.8 Å². The van der Waals surface area contributed by atoms with Gasteiger partial charge in [0.2, 0.25) is 11.9 Å². The van der Waals surface area contributed by atoms with Crippen LogP contribution in [0.3, 0.4) is 0 Å². The Morgan fingerprint density at radius 2 is 0.482 bits per heavy atom. The van der Waals surface area contributed by atoms with Gasteiger partial charge in [-0.1, -0.05) is 279 Å². The second-order valence-corrected chi connectivity index (χ2v) is 41.3. The molecular formula is C120H65N15S6. The Morgan fingerprint density at radius 3 is 0.887 bits per heavy atom. The van der Waals surface area contributed by atoms with E-state index in [2.05, 4.69) is 350 Å². The zero-order chi connectivity index (χ0) is 92.2. The van der Waals surface area contributed by atoms with Crippen LogP contribution < -0.4 is 0 Å². The van der Waals surface area contributed by atoms with E-state index in [-0.39, 0.29) is 0 Å². The van der Waals surface area contributed by atoms with E-state index in [0.29, 0.717) is 17.7 Å². The number of fused-ring (bicyclic) bond motifs is 39. The highest BCUT2D eigenvalue weighted by Crippen LogP contribution is 2.57. The highest BCUT2D eigenvalue weighted by Gasteiger charge is 2.32. The molecule has 0 unspecified atom stereocenters.